The monoisotopic (exact) mass is 262 g/mol. The molecule has 0 aromatic heterocycles. The fourth-order valence-corrected chi connectivity index (χ4v) is 1.27. The van der Waals surface area contributed by atoms with Crippen molar-refractivity contribution >= 4 is 5.91 Å². The van der Waals surface area contributed by atoms with Gasteiger partial charge in [0.2, 0.25) is 5.91 Å². The number of hydroxylamine groups is 1. The van der Waals surface area contributed by atoms with Crippen LogP contribution in [0, 0.1) is 0 Å². The van der Waals surface area contributed by atoms with E-state index in [1.54, 1.807) is 6.92 Å². The molecule has 0 spiro atoms. The molecule has 7 heteroatoms. The predicted molar refractivity (Wildman–Crippen MR) is 58.1 cm³/mol. The Kier molecular flexibility index (Phi) is 4.69. The van der Waals surface area contributed by atoms with Crippen molar-refractivity contribution in [3.63, 3.8) is 0 Å². The van der Waals surface area contributed by atoms with Gasteiger partial charge in [0.15, 0.2) is 0 Å². The second-order valence-electron chi connectivity index (χ2n) is 3.71. The predicted octanol–water partition coefficient (Wildman–Crippen LogP) is 1.77. The molecule has 1 atom stereocenters. The Labute approximate surface area is 102 Å². The average Bonchev–Trinajstić information content (AvgIpc) is 2.27. The Bertz CT molecular complexity index is 404. The first-order valence-electron chi connectivity index (χ1n) is 5.13. The van der Waals surface area contributed by atoms with Crippen LogP contribution in [0.5, 0.6) is 0 Å². The van der Waals surface area contributed by atoms with E-state index in [-0.39, 0.29) is 12.6 Å². The molecule has 100 valence electrons. The molecule has 0 aliphatic rings. The highest BCUT2D eigenvalue weighted by Gasteiger charge is 2.30. The number of benzene rings is 1. The zero-order valence-corrected chi connectivity index (χ0v) is 9.62. The third-order valence-electron chi connectivity index (χ3n) is 2.21. The first-order chi connectivity index (χ1) is 8.30. The summed E-state index contributed by atoms with van der Waals surface area (Å²) in [6, 6.07) is 4.30. The first-order valence-corrected chi connectivity index (χ1v) is 5.13. The molecule has 0 aliphatic heterocycles. The smallest absolute Gasteiger partial charge is 0.368 e. The van der Waals surface area contributed by atoms with E-state index in [0.717, 1.165) is 12.1 Å². The van der Waals surface area contributed by atoms with Crippen LogP contribution in [0.15, 0.2) is 24.3 Å². The summed E-state index contributed by atoms with van der Waals surface area (Å²) in [4.78, 5) is 15.2. The molecule has 0 saturated heterocycles. The number of carbonyl (C=O) groups is 1. The lowest BCUT2D eigenvalue weighted by atomic mass is 10.1. The number of carbonyl (C=O) groups excluding carboxylic acids is 1. The third kappa shape index (κ3) is 4.34. The molecule has 0 saturated carbocycles. The standard InChI is InChI=1S/C11H13F3N2O2/c1-7(16-18-6-10(15)17)8-2-4-9(5-3-8)11(12,13)14/h2-5,7,16H,6H2,1H3,(H2,15,17). The van der Waals surface area contributed by atoms with Crippen LogP contribution in [-0.4, -0.2) is 12.5 Å². The Morgan fingerprint density at radius 3 is 2.39 bits per heavy atom. The maximum absolute atomic E-state index is 12.3. The summed E-state index contributed by atoms with van der Waals surface area (Å²) < 4.78 is 37.0. The number of hydrogen-bond donors (Lipinski definition) is 2. The molecule has 18 heavy (non-hydrogen) atoms. The second-order valence-corrected chi connectivity index (χ2v) is 3.71. The number of nitrogens with one attached hydrogen (secondary N) is 1. The van der Waals surface area contributed by atoms with Crippen molar-refractivity contribution in [1.29, 1.82) is 0 Å². The molecule has 3 N–H and O–H groups in total. The number of primary amides is 1. The van der Waals surface area contributed by atoms with Crippen LogP contribution in [0.25, 0.3) is 0 Å². The Morgan fingerprint density at radius 1 is 1.39 bits per heavy atom. The molecular formula is C11H13F3N2O2. The van der Waals surface area contributed by atoms with Gasteiger partial charge in [-0.15, -0.1) is 0 Å². The lowest BCUT2D eigenvalue weighted by Gasteiger charge is -2.14. The molecule has 1 rings (SSSR count). The van der Waals surface area contributed by atoms with Gasteiger partial charge in [-0.2, -0.15) is 18.7 Å². The molecule has 1 aromatic carbocycles. The topological polar surface area (TPSA) is 64.3 Å². The maximum Gasteiger partial charge on any atom is 0.416 e. The number of hydrogen-bond acceptors (Lipinski definition) is 3. The largest absolute Gasteiger partial charge is 0.416 e. The minimum Gasteiger partial charge on any atom is -0.368 e. The Morgan fingerprint density at radius 2 is 1.94 bits per heavy atom. The van der Waals surface area contributed by atoms with Crippen LogP contribution < -0.4 is 11.2 Å². The Hall–Kier alpha value is -1.60. The molecule has 1 amide bonds. The van der Waals surface area contributed by atoms with E-state index >= 15 is 0 Å². The maximum atomic E-state index is 12.3. The van der Waals surface area contributed by atoms with E-state index in [0.29, 0.717) is 5.56 Å². The first kappa shape index (κ1) is 14.5. The van der Waals surface area contributed by atoms with Gasteiger partial charge in [-0.05, 0) is 24.6 Å². The quantitative estimate of drug-likeness (QED) is 0.795. The van der Waals surface area contributed by atoms with Crippen molar-refractivity contribution < 1.29 is 22.8 Å². The number of amides is 1. The van der Waals surface area contributed by atoms with E-state index in [1.807, 2.05) is 0 Å². The zero-order chi connectivity index (χ0) is 13.8. The van der Waals surface area contributed by atoms with Crippen molar-refractivity contribution in [1.82, 2.24) is 5.48 Å². The molecule has 4 nitrogen and oxygen atoms in total. The normalized spacial score (nSPS) is 13.3. The Balaban J connectivity index is 2.59. The summed E-state index contributed by atoms with van der Waals surface area (Å²) in [7, 11) is 0. The molecular weight excluding hydrogens is 249 g/mol. The minimum atomic E-state index is -4.35. The summed E-state index contributed by atoms with van der Waals surface area (Å²) in [5.74, 6) is -0.637. The molecule has 1 aromatic rings. The fraction of sp³-hybridized carbons (Fsp3) is 0.364. The van der Waals surface area contributed by atoms with Crippen molar-refractivity contribution in [2.24, 2.45) is 5.73 Å². The van der Waals surface area contributed by atoms with Crippen molar-refractivity contribution in [2.45, 2.75) is 19.1 Å². The third-order valence-corrected chi connectivity index (χ3v) is 2.21. The van der Waals surface area contributed by atoms with Crippen molar-refractivity contribution in [2.75, 3.05) is 6.61 Å². The molecule has 0 fully saturated rings. The minimum absolute atomic E-state index is 0.301. The number of nitrogens with two attached hydrogens (primary N) is 1. The zero-order valence-electron chi connectivity index (χ0n) is 9.62. The van der Waals surface area contributed by atoms with E-state index in [1.165, 1.54) is 12.1 Å². The summed E-state index contributed by atoms with van der Waals surface area (Å²) >= 11 is 0. The van der Waals surface area contributed by atoms with Crippen LogP contribution in [0.4, 0.5) is 13.2 Å². The molecule has 0 heterocycles. The van der Waals surface area contributed by atoms with Gasteiger partial charge < -0.3 is 5.73 Å². The van der Waals surface area contributed by atoms with Gasteiger partial charge in [-0.1, -0.05) is 12.1 Å². The van der Waals surface area contributed by atoms with E-state index in [9.17, 15) is 18.0 Å². The lowest BCUT2D eigenvalue weighted by molar-refractivity contribution is -0.137. The molecule has 0 bridgehead atoms. The highest BCUT2D eigenvalue weighted by molar-refractivity contribution is 5.74. The van der Waals surface area contributed by atoms with Gasteiger partial charge in [0, 0.05) is 0 Å². The van der Waals surface area contributed by atoms with Gasteiger partial charge in [0.05, 0.1) is 11.6 Å². The van der Waals surface area contributed by atoms with Crippen molar-refractivity contribution in [3.05, 3.63) is 35.4 Å². The van der Waals surface area contributed by atoms with E-state index in [2.05, 4.69) is 5.48 Å². The summed E-state index contributed by atoms with van der Waals surface area (Å²) in [6.45, 7) is 1.38. The lowest BCUT2D eigenvalue weighted by Crippen LogP contribution is -2.26. The number of halogens is 3. The molecule has 0 radical (unpaired) electrons. The van der Waals surface area contributed by atoms with Crippen molar-refractivity contribution in [3.8, 4) is 0 Å². The van der Waals surface area contributed by atoms with Gasteiger partial charge in [-0.25, -0.2) is 0 Å². The molecule has 0 aliphatic carbocycles. The van der Waals surface area contributed by atoms with Crippen LogP contribution in [0.1, 0.15) is 24.1 Å². The summed E-state index contributed by atoms with van der Waals surface area (Å²) in [6.07, 6.45) is -4.35. The van der Waals surface area contributed by atoms with Gasteiger partial charge >= 0.3 is 6.18 Å². The summed E-state index contributed by atoms with van der Waals surface area (Å²) in [5, 5.41) is 0. The average molecular weight is 262 g/mol. The number of alkyl halides is 3. The fourth-order valence-electron chi connectivity index (χ4n) is 1.27. The summed E-state index contributed by atoms with van der Waals surface area (Å²) in [5.41, 5.74) is 7.26. The molecule has 1 unspecified atom stereocenters. The highest BCUT2D eigenvalue weighted by atomic mass is 19.4. The SMILES string of the molecule is CC(NOCC(N)=O)c1ccc(C(F)(F)F)cc1. The van der Waals surface area contributed by atoms with Gasteiger partial charge in [0.25, 0.3) is 0 Å². The van der Waals surface area contributed by atoms with Gasteiger partial charge in [0.1, 0.15) is 6.61 Å². The highest BCUT2D eigenvalue weighted by Crippen LogP contribution is 2.29. The van der Waals surface area contributed by atoms with Crippen LogP contribution in [-0.2, 0) is 15.8 Å². The van der Waals surface area contributed by atoms with Crippen LogP contribution >= 0.6 is 0 Å². The van der Waals surface area contributed by atoms with E-state index in [4.69, 9.17) is 10.6 Å². The van der Waals surface area contributed by atoms with Crippen LogP contribution in [0.2, 0.25) is 0 Å². The number of rotatable bonds is 5. The van der Waals surface area contributed by atoms with E-state index < -0.39 is 17.6 Å². The van der Waals surface area contributed by atoms with Gasteiger partial charge in [-0.3, -0.25) is 9.63 Å². The second kappa shape index (κ2) is 5.83. The van der Waals surface area contributed by atoms with Crippen LogP contribution in [0.3, 0.4) is 0 Å².